The minimum Gasteiger partial charge on any atom is -0.347 e. The van der Waals surface area contributed by atoms with Gasteiger partial charge in [0.25, 0.3) is 5.91 Å². The van der Waals surface area contributed by atoms with Crippen LogP contribution in [0.25, 0.3) is 0 Å². The lowest BCUT2D eigenvalue weighted by atomic mass is 9.43. The molecule has 0 saturated heterocycles. The maximum Gasteiger partial charge on any atom is 0.251 e. The number of hydrogen-bond donors (Lipinski definition) is 1. The molecule has 1 N–H and O–H groups in total. The average Bonchev–Trinajstić information content (AvgIpc) is 2.34. The number of nitrogens with one attached hydrogen (secondary N) is 1. The highest BCUT2D eigenvalue weighted by molar-refractivity contribution is 5.94. The van der Waals surface area contributed by atoms with Crippen molar-refractivity contribution in [1.29, 1.82) is 0 Å². The smallest absolute Gasteiger partial charge is 0.251 e. The number of carbonyl (C=O) groups is 1. The number of carbonyl (C=O) groups excluding carboxylic acids is 1. The summed E-state index contributed by atoms with van der Waals surface area (Å²) >= 11 is 0. The number of benzene rings is 1. The lowest BCUT2D eigenvalue weighted by Gasteiger charge is -2.65. The third-order valence-corrected chi connectivity index (χ3v) is 6.11. The summed E-state index contributed by atoms with van der Waals surface area (Å²) in [6.45, 7) is 4.79. The predicted molar refractivity (Wildman–Crippen MR) is 84.0 cm³/mol. The van der Waals surface area contributed by atoms with Crippen LogP contribution in [0.2, 0.25) is 0 Å². The normalized spacial score (nSPS) is 42.4. The molecule has 2 atom stereocenters. The fourth-order valence-corrected chi connectivity index (χ4v) is 6.50. The van der Waals surface area contributed by atoms with Crippen LogP contribution >= 0.6 is 0 Å². The Kier molecular flexibility index (Phi) is 2.80. The molecule has 0 aromatic heterocycles. The standard InChI is InChI=1S/C19H24FNO/c1-17-7-13-8-18(2,10-17)12-19(9-13,11-17)21-16(22)14-3-5-15(20)6-4-14/h3-6,13H,7-12H2,1-2H3,(H,21,22)/t13?,17-,18-,19?/m0/s1. The van der Waals surface area contributed by atoms with Crippen LogP contribution in [0.3, 0.4) is 0 Å². The maximum absolute atomic E-state index is 13.0. The third-order valence-electron chi connectivity index (χ3n) is 6.11. The van der Waals surface area contributed by atoms with Crippen molar-refractivity contribution >= 4 is 5.91 Å². The van der Waals surface area contributed by atoms with E-state index in [2.05, 4.69) is 19.2 Å². The first-order valence-corrected chi connectivity index (χ1v) is 8.37. The summed E-state index contributed by atoms with van der Waals surface area (Å²) < 4.78 is 13.0. The Bertz CT molecular complexity index is 605. The minimum absolute atomic E-state index is 0.0471. The Morgan fingerprint density at radius 3 is 2.18 bits per heavy atom. The zero-order valence-corrected chi connectivity index (χ0v) is 13.4. The van der Waals surface area contributed by atoms with E-state index in [0.29, 0.717) is 16.4 Å². The fourth-order valence-electron chi connectivity index (χ4n) is 6.50. The zero-order valence-electron chi connectivity index (χ0n) is 13.4. The topological polar surface area (TPSA) is 29.1 Å². The number of hydrogen-bond acceptors (Lipinski definition) is 1. The van der Waals surface area contributed by atoms with Gasteiger partial charge in [0.05, 0.1) is 0 Å². The van der Waals surface area contributed by atoms with Crippen LogP contribution in [0.15, 0.2) is 24.3 Å². The van der Waals surface area contributed by atoms with Gasteiger partial charge in [-0.25, -0.2) is 4.39 Å². The van der Waals surface area contributed by atoms with Gasteiger partial charge in [-0.2, -0.15) is 0 Å². The highest BCUT2D eigenvalue weighted by atomic mass is 19.1. The first-order valence-electron chi connectivity index (χ1n) is 8.37. The van der Waals surface area contributed by atoms with Crippen LogP contribution < -0.4 is 5.32 Å². The number of halogens is 1. The van der Waals surface area contributed by atoms with Crippen molar-refractivity contribution in [2.75, 3.05) is 0 Å². The average molecular weight is 301 g/mol. The summed E-state index contributed by atoms with van der Waals surface area (Å²) in [5, 5.41) is 3.35. The Morgan fingerprint density at radius 1 is 1.05 bits per heavy atom. The van der Waals surface area contributed by atoms with Crippen LogP contribution in [0.1, 0.15) is 62.7 Å². The van der Waals surface area contributed by atoms with Gasteiger partial charge in [-0.15, -0.1) is 0 Å². The lowest BCUT2D eigenvalue weighted by molar-refractivity contribution is -0.114. The van der Waals surface area contributed by atoms with Crippen molar-refractivity contribution in [2.45, 2.75) is 57.9 Å². The fraction of sp³-hybridized carbons (Fsp3) is 0.632. The highest BCUT2D eigenvalue weighted by Crippen LogP contribution is 2.66. The molecule has 1 aromatic rings. The number of amides is 1. The van der Waals surface area contributed by atoms with Crippen LogP contribution in [-0.4, -0.2) is 11.4 Å². The first kappa shape index (κ1) is 14.2. The molecule has 0 aliphatic heterocycles. The van der Waals surface area contributed by atoms with Gasteiger partial charge in [-0.05, 0) is 79.5 Å². The molecule has 0 spiro atoms. The molecule has 1 amide bonds. The molecule has 0 radical (unpaired) electrons. The van der Waals surface area contributed by atoms with E-state index in [9.17, 15) is 9.18 Å². The Labute approximate surface area is 131 Å². The highest BCUT2D eigenvalue weighted by Gasteiger charge is 2.60. The van der Waals surface area contributed by atoms with E-state index in [1.807, 2.05) is 0 Å². The third kappa shape index (κ3) is 2.26. The number of rotatable bonds is 2. The summed E-state index contributed by atoms with van der Waals surface area (Å²) in [4.78, 5) is 12.6. The summed E-state index contributed by atoms with van der Waals surface area (Å²) in [5.41, 5.74) is 1.27. The van der Waals surface area contributed by atoms with Crippen molar-refractivity contribution in [3.8, 4) is 0 Å². The van der Waals surface area contributed by atoms with Crippen LogP contribution in [0.4, 0.5) is 4.39 Å². The molecular weight excluding hydrogens is 277 g/mol. The molecule has 22 heavy (non-hydrogen) atoms. The molecule has 5 rings (SSSR count). The lowest BCUT2D eigenvalue weighted by Crippen LogP contribution is -2.65. The minimum atomic E-state index is -0.300. The van der Waals surface area contributed by atoms with Crippen LogP contribution in [0, 0.1) is 22.6 Å². The molecule has 1 aromatic carbocycles. The zero-order chi connectivity index (χ0) is 15.6. The van der Waals surface area contributed by atoms with Gasteiger partial charge in [-0.1, -0.05) is 13.8 Å². The Hall–Kier alpha value is -1.38. The van der Waals surface area contributed by atoms with Crippen molar-refractivity contribution < 1.29 is 9.18 Å². The quantitative estimate of drug-likeness (QED) is 0.866. The predicted octanol–water partition coefficient (Wildman–Crippen LogP) is 4.30. The SMILES string of the molecule is C[C@@]12CC3CC(NC(=O)c4ccc(F)cc4)(C1)C[C@@](C)(C3)C2. The van der Waals surface area contributed by atoms with E-state index in [0.717, 1.165) is 25.2 Å². The van der Waals surface area contributed by atoms with E-state index < -0.39 is 0 Å². The van der Waals surface area contributed by atoms with Gasteiger partial charge in [0.15, 0.2) is 0 Å². The van der Waals surface area contributed by atoms with E-state index in [-0.39, 0.29) is 17.3 Å². The molecule has 0 heterocycles. The molecule has 4 fully saturated rings. The van der Waals surface area contributed by atoms with E-state index in [1.165, 1.54) is 31.4 Å². The van der Waals surface area contributed by atoms with Crippen molar-refractivity contribution in [2.24, 2.45) is 16.7 Å². The summed E-state index contributed by atoms with van der Waals surface area (Å²) in [6.07, 6.45) is 7.24. The van der Waals surface area contributed by atoms with Gasteiger partial charge >= 0.3 is 0 Å². The molecule has 0 unspecified atom stereocenters. The van der Waals surface area contributed by atoms with E-state index in [4.69, 9.17) is 0 Å². The largest absolute Gasteiger partial charge is 0.347 e. The molecule has 4 aliphatic carbocycles. The van der Waals surface area contributed by atoms with Gasteiger partial charge in [0, 0.05) is 11.1 Å². The summed E-state index contributed by atoms with van der Waals surface area (Å²) in [5.74, 6) is 0.403. The second kappa shape index (κ2) is 4.33. The van der Waals surface area contributed by atoms with Crippen molar-refractivity contribution in [3.63, 3.8) is 0 Å². The van der Waals surface area contributed by atoms with Crippen molar-refractivity contribution in [3.05, 3.63) is 35.6 Å². The molecule has 118 valence electrons. The van der Waals surface area contributed by atoms with Gasteiger partial charge in [0.1, 0.15) is 5.82 Å². The van der Waals surface area contributed by atoms with E-state index in [1.54, 1.807) is 12.1 Å². The van der Waals surface area contributed by atoms with Gasteiger partial charge in [-0.3, -0.25) is 4.79 Å². The second-order valence-corrected chi connectivity index (χ2v) is 8.87. The molecule has 2 nitrogen and oxygen atoms in total. The molecule has 3 heteroatoms. The van der Waals surface area contributed by atoms with Crippen LogP contribution in [-0.2, 0) is 0 Å². The molecule has 4 aliphatic rings. The van der Waals surface area contributed by atoms with Crippen molar-refractivity contribution in [1.82, 2.24) is 5.32 Å². The second-order valence-electron chi connectivity index (χ2n) is 8.87. The monoisotopic (exact) mass is 301 g/mol. The van der Waals surface area contributed by atoms with E-state index >= 15 is 0 Å². The van der Waals surface area contributed by atoms with Gasteiger partial charge in [0.2, 0.25) is 0 Å². The molecule has 4 saturated carbocycles. The molecular formula is C19H24FNO. The van der Waals surface area contributed by atoms with Gasteiger partial charge < -0.3 is 5.32 Å². The summed E-state index contributed by atoms with van der Waals surface area (Å²) in [6, 6.07) is 5.87. The first-order chi connectivity index (χ1) is 10.3. The summed E-state index contributed by atoms with van der Waals surface area (Å²) in [7, 11) is 0. The van der Waals surface area contributed by atoms with Crippen LogP contribution in [0.5, 0.6) is 0 Å². The molecule has 4 bridgehead atoms. The Morgan fingerprint density at radius 2 is 1.64 bits per heavy atom. The Balaban J connectivity index is 1.60. The maximum atomic E-state index is 13.0.